The van der Waals surface area contributed by atoms with Crippen LogP contribution in [0.2, 0.25) is 0 Å². The molecule has 0 aliphatic carbocycles. The molecule has 5 nitrogen and oxygen atoms in total. The summed E-state index contributed by atoms with van der Waals surface area (Å²) in [7, 11) is -3.63. The number of aromatic carboxylic acids is 1. The number of thiophene rings is 2. The second-order valence-corrected chi connectivity index (χ2v) is 8.76. The first-order valence-electron chi connectivity index (χ1n) is 6.37. The third kappa shape index (κ3) is 2.64. The van der Waals surface area contributed by atoms with Gasteiger partial charge in [0, 0.05) is 16.8 Å². The smallest absolute Gasteiger partial charge is 0.336 e. The molecule has 8 heteroatoms. The van der Waals surface area contributed by atoms with Crippen LogP contribution < -0.4 is 0 Å². The van der Waals surface area contributed by atoms with E-state index in [4.69, 9.17) is 5.11 Å². The van der Waals surface area contributed by atoms with Crippen LogP contribution in [-0.4, -0.2) is 30.3 Å². The summed E-state index contributed by atoms with van der Waals surface area (Å²) in [6.45, 7) is 0.477. The predicted octanol–water partition coefficient (Wildman–Crippen LogP) is 3.03. The number of hydrogen-bond acceptors (Lipinski definition) is 5. The normalized spacial score (nSPS) is 19.9. The third-order valence-electron chi connectivity index (χ3n) is 3.46. The molecule has 1 atom stereocenters. The highest BCUT2D eigenvalue weighted by Crippen LogP contribution is 2.39. The first-order valence-corrected chi connectivity index (χ1v) is 9.57. The van der Waals surface area contributed by atoms with Crippen molar-refractivity contribution in [2.45, 2.75) is 23.1 Å². The summed E-state index contributed by atoms with van der Waals surface area (Å²) in [5.74, 6) is -1.11. The molecule has 1 fully saturated rings. The second-order valence-electron chi connectivity index (χ2n) is 4.75. The van der Waals surface area contributed by atoms with Gasteiger partial charge in [0.05, 0.1) is 11.6 Å². The number of carbonyl (C=O) groups is 1. The summed E-state index contributed by atoms with van der Waals surface area (Å²) in [5, 5.41) is 12.2. The molecule has 0 saturated carbocycles. The lowest BCUT2D eigenvalue weighted by atomic mass is 10.2. The van der Waals surface area contributed by atoms with Gasteiger partial charge in [-0.25, -0.2) is 13.2 Å². The van der Waals surface area contributed by atoms with Gasteiger partial charge in [-0.1, -0.05) is 6.07 Å². The zero-order valence-electron chi connectivity index (χ0n) is 10.9. The molecule has 0 aromatic carbocycles. The van der Waals surface area contributed by atoms with E-state index in [0.29, 0.717) is 6.54 Å². The van der Waals surface area contributed by atoms with Gasteiger partial charge in [-0.2, -0.15) is 4.31 Å². The van der Waals surface area contributed by atoms with Crippen LogP contribution in [0.15, 0.2) is 33.2 Å². The first-order chi connectivity index (χ1) is 10.00. The molecule has 21 heavy (non-hydrogen) atoms. The minimum Gasteiger partial charge on any atom is -0.478 e. The molecule has 0 amide bonds. The number of nitrogens with zero attached hydrogens (tertiary/aromatic N) is 1. The van der Waals surface area contributed by atoms with Crippen LogP contribution in [0.3, 0.4) is 0 Å². The maximum absolute atomic E-state index is 12.7. The monoisotopic (exact) mass is 343 g/mol. The van der Waals surface area contributed by atoms with Gasteiger partial charge in [0.25, 0.3) is 10.0 Å². The summed E-state index contributed by atoms with van der Waals surface area (Å²) in [6, 6.07) is 4.97. The lowest BCUT2D eigenvalue weighted by Gasteiger charge is -2.22. The molecule has 3 heterocycles. The van der Waals surface area contributed by atoms with Crippen molar-refractivity contribution in [3.8, 4) is 0 Å². The molecule has 1 aliphatic heterocycles. The number of hydrogen-bond donors (Lipinski definition) is 1. The molecule has 1 unspecified atom stereocenters. The number of carboxylic acid groups (broad SMARTS) is 1. The van der Waals surface area contributed by atoms with E-state index in [1.165, 1.54) is 15.8 Å². The molecule has 3 rings (SSSR count). The van der Waals surface area contributed by atoms with Gasteiger partial charge in [0.1, 0.15) is 4.21 Å². The first kappa shape index (κ1) is 14.7. The van der Waals surface area contributed by atoms with Crippen molar-refractivity contribution in [1.29, 1.82) is 0 Å². The highest BCUT2D eigenvalue weighted by atomic mass is 32.2. The van der Waals surface area contributed by atoms with E-state index in [1.54, 1.807) is 11.3 Å². The fourth-order valence-corrected chi connectivity index (χ4v) is 6.37. The van der Waals surface area contributed by atoms with Crippen LogP contribution in [0.4, 0.5) is 0 Å². The average Bonchev–Trinajstić information content (AvgIpc) is 3.19. The third-order valence-corrected chi connectivity index (χ3v) is 7.76. The Kier molecular flexibility index (Phi) is 3.87. The van der Waals surface area contributed by atoms with Crippen molar-refractivity contribution >= 4 is 38.7 Å². The van der Waals surface area contributed by atoms with Gasteiger partial charge in [0.15, 0.2) is 0 Å². The highest BCUT2D eigenvalue weighted by Gasteiger charge is 2.37. The Labute approximate surface area is 130 Å². The molecule has 2 aromatic rings. The van der Waals surface area contributed by atoms with E-state index < -0.39 is 16.0 Å². The molecule has 1 saturated heterocycles. The van der Waals surface area contributed by atoms with Gasteiger partial charge in [-0.3, -0.25) is 0 Å². The van der Waals surface area contributed by atoms with Gasteiger partial charge < -0.3 is 5.11 Å². The van der Waals surface area contributed by atoms with Crippen LogP contribution >= 0.6 is 22.7 Å². The van der Waals surface area contributed by atoms with Gasteiger partial charge in [-0.15, -0.1) is 22.7 Å². The quantitative estimate of drug-likeness (QED) is 0.926. The van der Waals surface area contributed by atoms with Crippen LogP contribution in [-0.2, 0) is 10.0 Å². The van der Waals surface area contributed by atoms with Crippen molar-refractivity contribution in [3.63, 3.8) is 0 Å². The Morgan fingerprint density at radius 1 is 1.38 bits per heavy atom. The summed E-state index contributed by atoms with van der Waals surface area (Å²) >= 11 is 2.51. The maximum Gasteiger partial charge on any atom is 0.336 e. The summed E-state index contributed by atoms with van der Waals surface area (Å²) < 4.78 is 27.0. The fourth-order valence-electron chi connectivity index (χ4n) is 2.47. The second kappa shape index (κ2) is 5.53. The van der Waals surface area contributed by atoms with Crippen LogP contribution in [0.25, 0.3) is 0 Å². The summed E-state index contributed by atoms with van der Waals surface area (Å²) in [4.78, 5) is 11.9. The molecular formula is C13H13NO4S3. The van der Waals surface area contributed by atoms with Gasteiger partial charge in [-0.05, 0) is 30.4 Å². The SMILES string of the molecule is O=C(O)c1csc(S(=O)(=O)N2CCCC2c2cccs2)c1. The topological polar surface area (TPSA) is 74.7 Å². The van der Waals surface area contributed by atoms with Crippen LogP contribution in [0.5, 0.6) is 0 Å². The lowest BCUT2D eigenvalue weighted by molar-refractivity contribution is 0.0697. The molecule has 1 N–H and O–H groups in total. The van der Waals surface area contributed by atoms with Crippen molar-refractivity contribution in [1.82, 2.24) is 4.31 Å². The number of sulfonamides is 1. The molecule has 0 bridgehead atoms. The molecular weight excluding hydrogens is 330 g/mol. The highest BCUT2D eigenvalue weighted by molar-refractivity contribution is 7.91. The molecule has 112 valence electrons. The van der Waals surface area contributed by atoms with Crippen LogP contribution in [0, 0.1) is 0 Å². The van der Waals surface area contributed by atoms with Crippen molar-refractivity contribution in [3.05, 3.63) is 39.4 Å². The molecule has 0 radical (unpaired) electrons. The Balaban J connectivity index is 1.95. The fraction of sp³-hybridized carbons (Fsp3) is 0.308. The van der Waals surface area contributed by atoms with E-state index >= 15 is 0 Å². The van der Waals surface area contributed by atoms with Crippen molar-refractivity contribution < 1.29 is 18.3 Å². The van der Waals surface area contributed by atoms with Gasteiger partial charge >= 0.3 is 5.97 Å². The lowest BCUT2D eigenvalue weighted by Crippen LogP contribution is -2.29. The molecule has 0 spiro atoms. The Morgan fingerprint density at radius 2 is 2.19 bits per heavy atom. The van der Waals surface area contributed by atoms with E-state index in [1.807, 2.05) is 17.5 Å². The van der Waals surface area contributed by atoms with E-state index in [-0.39, 0.29) is 15.8 Å². The zero-order valence-corrected chi connectivity index (χ0v) is 13.4. The number of carboxylic acids is 1. The standard InChI is InChI=1S/C13H13NO4S3/c15-13(16)9-7-12(20-8-9)21(17,18)14-5-1-3-10(14)11-4-2-6-19-11/h2,4,6-8,10H,1,3,5H2,(H,15,16). The Morgan fingerprint density at radius 3 is 2.81 bits per heavy atom. The van der Waals surface area contributed by atoms with Crippen LogP contribution in [0.1, 0.15) is 34.1 Å². The van der Waals surface area contributed by atoms with Crippen molar-refractivity contribution in [2.24, 2.45) is 0 Å². The molecule has 2 aromatic heterocycles. The zero-order chi connectivity index (χ0) is 15.0. The van der Waals surface area contributed by atoms with Gasteiger partial charge in [0.2, 0.25) is 0 Å². The maximum atomic E-state index is 12.7. The summed E-state index contributed by atoms with van der Waals surface area (Å²) in [6.07, 6.45) is 1.62. The minimum atomic E-state index is -3.63. The Hall–Kier alpha value is -1.22. The predicted molar refractivity (Wildman–Crippen MR) is 81.5 cm³/mol. The number of rotatable bonds is 4. The summed E-state index contributed by atoms with van der Waals surface area (Å²) in [5.41, 5.74) is 0.0189. The Bertz CT molecular complexity index is 748. The van der Waals surface area contributed by atoms with E-state index in [9.17, 15) is 13.2 Å². The molecule has 1 aliphatic rings. The van der Waals surface area contributed by atoms with E-state index in [0.717, 1.165) is 29.1 Å². The average molecular weight is 343 g/mol. The van der Waals surface area contributed by atoms with E-state index in [2.05, 4.69) is 0 Å². The largest absolute Gasteiger partial charge is 0.478 e. The van der Waals surface area contributed by atoms with Crippen molar-refractivity contribution in [2.75, 3.05) is 6.54 Å². The minimum absolute atomic E-state index is 0.0189.